The lowest BCUT2D eigenvalue weighted by Gasteiger charge is -2.07. The third kappa shape index (κ3) is 3.44. The van der Waals surface area contributed by atoms with Gasteiger partial charge in [-0.15, -0.1) is 0 Å². The van der Waals surface area contributed by atoms with Crippen molar-refractivity contribution in [3.63, 3.8) is 0 Å². The predicted molar refractivity (Wildman–Crippen MR) is 45.1 cm³/mol. The summed E-state index contributed by atoms with van der Waals surface area (Å²) in [4.78, 5) is 12.7. The van der Waals surface area contributed by atoms with Crippen molar-refractivity contribution in [1.82, 2.24) is 0 Å². The van der Waals surface area contributed by atoms with Crippen molar-refractivity contribution < 1.29 is 22.7 Å². The van der Waals surface area contributed by atoms with Crippen molar-refractivity contribution in [3.8, 4) is 5.75 Å². The number of halogens is 3. The fourth-order valence-electron chi connectivity index (χ4n) is 0.873. The lowest BCUT2D eigenvalue weighted by Crippen LogP contribution is -2.04. The zero-order valence-corrected chi connectivity index (χ0v) is 7.41. The molecular formula is C9H6F3NO2. The monoisotopic (exact) mass is 217 g/mol. The zero-order valence-electron chi connectivity index (χ0n) is 7.41. The number of hydrogen-bond donors (Lipinski definition) is 0. The first-order valence-corrected chi connectivity index (χ1v) is 3.88. The van der Waals surface area contributed by atoms with Gasteiger partial charge in [-0.25, -0.2) is 4.79 Å². The third-order valence-corrected chi connectivity index (χ3v) is 1.54. The number of benzene rings is 1. The van der Waals surface area contributed by atoms with Crippen LogP contribution in [-0.4, -0.2) is 12.8 Å². The van der Waals surface area contributed by atoms with Crippen LogP contribution < -0.4 is 4.74 Å². The molecule has 15 heavy (non-hydrogen) atoms. The van der Waals surface area contributed by atoms with Gasteiger partial charge in [-0.3, -0.25) is 0 Å². The molecule has 0 radical (unpaired) electrons. The van der Waals surface area contributed by atoms with Crippen LogP contribution >= 0.6 is 0 Å². The molecule has 0 saturated heterocycles. The summed E-state index contributed by atoms with van der Waals surface area (Å²) in [6.07, 6.45) is -3.12. The van der Waals surface area contributed by atoms with Crippen molar-refractivity contribution in [3.05, 3.63) is 29.8 Å². The molecule has 0 aromatic heterocycles. The number of rotatable bonds is 3. The second-order valence-corrected chi connectivity index (χ2v) is 2.54. The summed E-state index contributed by atoms with van der Waals surface area (Å²) in [5.74, 6) is 0.210. The topological polar surface area (TPSA) is 38.7 Å². The van der Waals surface area contributed by atoms with Crippen LogP contribution in [0.1, 0.15) is 5.56 Å². The van der Waals surface area contributed by atoms with Crippen molar-refractivity contribution in [2.24, 2.45) is 4.99 Å². The Balaban J connectivity index is 2.68. The molecular weight excluding hydrogens is 211 g/mol. The van der Waals surface area contributed by atoms with Crippen molar-refractivity contribution in [1.29, 1.82) is 0 Å². The second-order valence-electron chi connectivity index (χ2n) is 2.54. The highest BCUT2D eigenvalue weighted by Gasteiger charge is 2.29. The summed E-state index contributed by atoms with van der Waals surface area (Å²) in [5.41, 5.74) is -0.756. The normalized spacial score (nSPS) is 10.6. The minimum atomic E-state index is -4.36. The molecule has 0 spiro atoms. The van der Waals surface area contributed by atoms with Crippen LogP contribution in [0.2, 0.25) is 0 Å². The van der Waals surface area contributed by atoms with Gasteiger partial charge in [0.2, 0.25) is 6.08 Å². The van der Waals surface area contributed by atoms with Crippen LogP contribution in [-0.2, 0) is 11.0 Å². The average Bonchev–Trinajstić information content (AvgIpc) is 2.18. The lowest BCUT2D eigenvalue weighted by molar-refractivity contribution is -0.137. The first-order valence-electron chi connectivity index (χ1n) is 3.88. The van der Waals surface area contributed by atoms with Gasteiger partial charge in [0.15, 0.2) is 6.73 Å². The first kappa shape index (κ1) is 11.3. The summed E-state index contributed by atoms with van der Waals surface area (Å²) in [5, 5.41) is 0. The fourth-order valence-corrected chi connectivity index (χ4v) is 0.873. The fraction of sp³-hybridized carbons (Fsp3) is 0.222. The van der Waals surface area contributed by atoms with Gasteiger partial charge in [0, 0.05) is 0 Å². The van der Waals surface area contributed by atoms with Crippen molar-refractivity contribution >= 4 is 6.08 Å². The van der Waals surface area contributed by atoms with E-state index in [1.165, 1.54) is 6.08 Å². The van der Waals surface area contributed by atoms with E-state index in [0.29, 0.717) is 0 Å². The molecule has 0 bridgehead atoms. The summed E-state index contributed by atoms with van der Waals surface area (Å²) >= 11 is 0. The Morgan fingerprint density at radius 2 is 1.87 bits per heavy atom. The molecule has 0 heterocycles. The van der Waals surface area contributed by atoms with Crippen molar-refractivity contribution in [2.75, 3.05) is 6.73 Å². The number of isocyanates is 1. The molecule has 0 amide bonds. The summed E-state index contributed by atoms with van der Waals surface area (Å²) in [7, 11) is 0. The maximum Gasteiger partial charge on any atom is 0.416 e. The molecule has 0 fully saturated rings. The summed E-state index contributed by atoms with van der Waals surface area (Å²) < 4.78 is 41.2. The first-order chi connectivity index (χ1) is 7.04. The van der Waals surface area contributed by atoms with E-state index in [4.69, 9.17) is 4.74 Å². The predicted octanol–water partition coefficient (Wildman–Crippen LogP) is 2.38. The van der Waals surface area contributed by atoms with Gasteiger partial charge in [-0.05, 0) is 24.3 Å². The Bertz CT molecular complexity index is 366. The van der Waals surface area contributed by atoms with Crippen LogP contribution in [0.3, 0.4) is 0 Å². The van der Waals surface area contributed by atoms with Gasteiger partial charge in [0.1, 0.15) is 5.75 Å². The van der Waals surface area contributed by atoms with Crippen LogP contribution in [0.15, 0.2) is 29.3 Å². The van der Waals surface area contributed by atoms with Crippen LogP contribution in [0.25, 0.3) is 0 Å². The molecule has 0 aliphatic rings. The Hall–Kier alpha value is -1.81. The SMILES string of the molecule is O=C=NCOc1ccc(C(F)(F)F)cc1. The lowest BCUT2D eigenvalue weighted by atomic mass is 10.2. The number of aliphatic imine (C=N–C) groups is 1. The highest BCUT2D eigenvalue weighted by molar-refractivity contribution is 5.33. The average molecular weight is 217 g/mol. The van der Waals surface area contributed by atoms with Gasteiger partial charge in [-0.1, -0.05) is 0 Å². The minimum absolute atomic E-state index is 0.210. The highest BCUT2D eigenvalue weighted by atomic mass is 19.4. The maximum atomic E-state index is 12.1. The molecule has 0 saturated carbocycles. The third-order valence-electron chi connectivity index (χ3n) is 1.54. The van der Waals surface area contributed by atoms with E-state index in [9.17, 15) is 18.0 Å². The van der Waals surface area contributed by atoms with Gasteiger partial charge < -0.3 is 4.74 Å². The van der Waals surface area contributed by atoms with E-state index in [0.717, 1.165) is 24.3 Å². The maximum absolute atomic E-state index is 12.1. The molecule has 1 aromatic rings. The van der Waals surface area contributed by atoms with E-state index in [2.05, 4.69) is 4.99 Å². The summed E-state index contributed by atoms with van der Waals surface area (Å²) in [6, 6.07) is 4.09. The van der Waals surface area contributed by atoms with E-state index >= 15 is 0 Å². The van der Waals surface area contributed by atoms with Crippen LogP contribution in [0, 0.1) is 0 Å². The van der Waals surface area contributed by atoms with Gasteiger partial charge in [0.25, 0.3) is 0 Å². The molecule has 0 atom stereocenters. The molecule has 6 heteroatoms. The highest BCUT2D eigenvalue weighted by Crippen LogP contribution is 2.30. The van der Waals surface area contributed by atoms with Gasteiger partial charge in [-0.2, -0.15) is 18.2 Å². The van der Waals surface area contributed by atoms with E-state index in [1.807, 2.05) is 0 Å². The molecule has 0 N–H and O–H groups in total. The molecule has 0 aliphatic carbocycles. The Morgan fingerprint density at radius 3 is 2.33 bits per heavy atom. The molecule has 0 unspecified atom stereocenters. The largest absolute Gasteiger partial charge is 0.471 e. The summed E-state index contributed by atoms with van der Waals surface area (Å²) in [6.45, 7) is -0.255. The second kappa shape index (κ2) is 4.61. The van der Waals surface area contributed by atoms with E-state index < -0.39 is 11.7 Å². The van der Waals surface area contributed by atoms with Crippen molar-refractivity contribution in [2.45, 2.75) is 6.18 Å². The minimum Gasteiger partial charge on any atom is -0.471 e. The van der Waals surface area contributed by atoms with Crippen LogP contribution in [0.4, 0.5) is 13.2 Å². The smallest absolute Gasteiger partial charge is 0.416 e. The standard InChI is InChI=1S/C9H6F3NO2/c10-9(11,12)7-1-3-8(4-2-7)15-6-13-5-14/h1-4H,6H2. The number of nitrogens with zero attached hydrogens (tertiary/aromatic N) is 1. The molecule has 1 aromatic carbocycles. The van der Waals surface area contributed by atoms with E-state index in [-0.39, 0.29) is 12.5 Å². The van der Waals surface area contributed by atoms with Crippen LogP contribution in [0.5, 0.6) is 5.75 Å². The molecule has 0 aliphatic heterocycles. The Kier molecular flexibility index (Phi) is 3.46. The Labute approximate surface area is 83.2 Å². The van der Waals surface area contributed by atoms with Gasteiger partial charge in [0.05, 0.1) is 5.56 Å². The zero-order chi connectivity index (χ0) is 11.3. The molecule has 1 rings (SSSR count). The quantitative estimate of drug-likeness (QED) is 0.575. The number of carbonyl (C=O) groups excluding carboxylic acids is 1. The van der Waals surface area contributed by atoms with E-state index in [1.54, 1.807) is 0 Å². The van der Waals surface area contributed by atoms with Gasteiger partial charge >= 0.3 is 6.18 Å². The number of hydrogen-bond acceptors (Lipinski definition) is 3. The molecule has 3 nitrogen and oxygen atoms in total. The number of ether oxygens (including phenoxy) is 1. The molecule has 80 valence electrons. The Morgan fingerprint density at radius 1 is 1.27 bits per heavy atom. The number of alkyl halides is 3.